The third-order valence-electron chi connectivity index (χ3n) is 2.95. The number of benzene rings is 2. The van der Waals surface area contributed by atoms with Crippen molar-refractivity contribution in [1.29, 1.82) is 0 Å². The predicted molar refractivity (Wildman–Crippen MR) is 80.4 cm³/mol. The zero-order chi connectivity index (χ0) is 15.6. The summed E-state index contributed by atoms with van der Waals surface area (Å²) in [6.45, 7) is 0. The topological polar surface area (TPSA) is 74.7 Å². The summed E-state index contributed by atoms with van der Waals surface area (Å²) in [5, 5.41) is 9.01. The first-order valence-corrected chi connectivity index (χ1v) is 7.72. The summed E-state index contributed by atoms with van der Waals surface area (Å²) in [5.41, 5.74) is 0.225. The Morgan fingerprint density at radius 3 is 2.33 bits per heavy atom. The molecular weight excluding hydrogens is 314 g/mol. The zero-order valence-corrected chi connectivity index (χ0v) is 12.6. The van der Waals surface area contributed by atoms with E-state index in [1.54, 1.807) is 30.3 Å². The van der Waals surface area contributed by atoms with Gasteiger partial charge in [-0.25, -0.2) is 13.2 Å². The Balaban J connectivity index is 2.50. The Labute approximate surface area is 127 Å². The molecule has 0 aliphatic rings. The highest BCUT2D eigenvalue weighted by Crippen LogP contribution is 2.25. The van der Waals surface area contributed by atoms with Crippen LogP contribution in [0.4, 0.5) is 5.69 Å². The van der Waals surface area contributed by atoms with Crippen molar-refractivity contribution >= 4 is 33.3 Å². The van der Waals surface area contributed by atoms with Crippen molar-refractivity contribution in [3.8, 4) is 0 Å². The maximum atomic E-state index is 12.5. The number of hydrogen-bond acceptors (Lipinski definition) is 3. The van der Waals surface area contributed by atoms with E-state index in [-0.39, 0.29) is 15.5 Å². The fourth-order valence-electron chi connectivity index (χ4n) is 1.76. The number of aromatic carboxylic acids is 1. The van der Waals surface area contributed by atoms with Gasteiger partial charge in [0.15, 0.2) is 0 Å². The fraction of sp³-hybridized carbons (Fsp3) is 0.0714. The van der Waals surface area contributed by atoms with Gasteiger partial charge in [-0.1, -0.05) is 29.8 Å². The minimum Gasteiger partial charge on any atom is -0.478 e. The van der Waals surface area contributed by atoms with E-state index in [9.17, 15) is 13.2 Å². The van der Waals surface area contributed by atoms with Crippen LogP contribution in [-0.2, 0) is 10.0 Å². The first-order valence-electron chi connectivity index (χ1n) is 5.91. The molecule has 1 N–H and O–H groups in total. The van der Waals surface area contributed by atoms with Gasteiger partial charge >= 0.3 is 5.97 Å². The van der Waals surface area contributed by atoms with Crippen LogP contribution in [0.2, 0.25) is 5.02 Å². The quantitative estimate of drug-likeness (QED) is 0.938. The molecule has 0 radical (unpaired) electrons. The largest absolute Gasteiger partial charge is 0.478 e. The Morgan fingerprint density at radius 1 is 1.14 bits per heavy atom. The highest BCUT2D eigenvalue weighted by molar-refractivity contribution is 7.92. The summed E-state index contributed by atoms with van der Waals surface area (Å²) in [6, 6.07) is 12.1. The van der Waals surface area contributed by atoms with Crippen molar-refractivity contribution in [2.75, 3.05) is 11.4 Å². The molecule has 21 heavy (non-hydrogen) atoms. The van der Waals surface area contributed by atoms with Crippen LogP contribution in [-0.4, -0.2) is 26.5 Å². The SMILES string of the molecule is CN(c1ccccc1)S(=O)(=O)c1ccc(Cl)c(C(=O)O)c1. The highest BCUT2D eigenvalue weighted by atomic mass is 35.5. The third-order valence-corrected chi connectivity index (χ3v) is 5.06. The van der Waals surface area contributed by atoms with Crippen LogP contribution in [0.5, 0.6) is 0 Å². The molecule has 5 nitrogen and oxygen atoms in total. The van der Waals surface area contributed by atoms with Crippen LogP contribution >= 0.6 is 11.6 Å². The molecule has 0 saturated carbocycles. The van der Waals surface area contributed by atoms with Crippen molar-refractivity contribution in [1.82, 2.24) is 0 Å². The van der Waals surface area contributed by atoms with E-state index in [1.165, 1.54) is 19.2 Å². The lowest BCUT2D eigenvalue weighted by molar-refractivity contribution is 0.0697. The van der Waals surface area contributed by atoms with Crippen molar-refractivity contribution in [2.24, 2.45) is 0 Å². The standard InChI is InChI=1S/C14H12ClNO4S/c1-16(10-5-3-2-4-6-10)21(19,20)11-7-8-13(15)12(9-11)14(17)18/h2-9H,1H3,(H,17,18). The van der Waals surface area contributed by atoms with Crippen LogP contribution in [0.1, 0.15) is 10.4 Å². The van der Waals surface area contributed by atoms with Gasteiger partial charge in [0.2, 0.25) is 0 Å². The molecule has 0 fully saturated rings. The normalized spacial score (nSPS) is 11.1. The molecule has 0 aromatic heterocycles. The van der Waals surface area contributed by atoms with Crippen molar-refractivity contribution in [2.45, 2.75) is 4.90 Å². The molecule has 7 heteroatoms. The predicted octanol–water partition coefficient (Wildman–Crippen LogP) is 2.86. The van der Waals surface area contributed by atoms with Crippen LogP contribution in [0.3, 0.4) is 0 Å². The third kappa shape index (κ3) is 3.01. The molecule has 2 aromatic rings. The number of halogens is 1. The van der Waals surface area contributed by atoms with E-state index in [1.807, 2.05) is 0 Å². The number of para-hydroxylation sites is 1. The maximum Gasteiger partial charge on any atom is 0.337 e. The first kappa shape index (κ1) is 15.3. The van der Waals surface area contributed by atoms with Crippen molar-refractivity contribution in [3.05, 3.63) is 59.1 Å². The summed E-state index contributed by atoms with van der Waals surface area (Å²) in [7, 11) is -2.45. The molecule has 0 aliphatic heterocycles. The van der Waals surface area contributed by atoms with E-state index in [0.717, 1.165) is 10.4 Å². The summed E-state index contributed by atoms with van der Waals surface area (Å²) in [5.74, 6) is -1.28. The van der Waals surface area contributed by atoms with Gasteiger partial charge in [0, 0.05) is 7.05 Å². The van der Waals surface area contributed by atoms with Crippen molar-refractivity contribution < 1.29 is 18.3 Å². The van der Waals surface area contributed by atoms with E-state index in [4.69, 9.17) is 16.7 Å². The molecule has 0 atom stereocenters. The van der Waals surface area contributed by atoms with Gasteiger partial charge in [-0.3, -0.25) is 4.31 Å². The Morgan fingerprint density at radius 2 is 1.76 bits per heavy atom. The minimum absolute atomic E-state index is 0.0104. The minimum atomic E-state index is -3.85. The molecule has 2 aromatic carbocycles. The molecule has 110 valence electrons. The summed E-state index contributed by atoms with van der Waals surface area (Å²) in [6.07, 6.45) is 0. The lowest BCUT2D eigenvalue weighted by Crippen LogP contribution is -2.26. The monoisotopic (exact) mass is 325 g/mol. The number of anilines is 1. The zero-order valence-electron chi connectivity index (χ0n) is 11.0. The Kier molecular flexibility index (Phi) is 4.20. The molecule has 0 amide bonds. The highest BCUT2D eigenvalue weighted by Gasteiger charge is 2.23. The lowest BCUT2D eigenvalue weighted by Gasteiger charge is -2.19. The smallest absolute Gasteiger partial charge is 0.337 e. The second-order valence-electron chi connectivity index (χ2n) is 4.25. The molecule has 0 spiro atoms. The Bertz CT molecular complexity index is 775. The van der Waals surface area contributed by atoms with Crippen molar-refractivity contribution in [3.63, 3.8) is 0 Å². The Hall–Kier alpha value is -2.05. The van der Waals surface area contributed by atoms with E-state index < -0.39 is 16.0 Å². The van der Waals surface area contributed by atoms with Gasteiger partial charge in [-0.2, -0.15) is 0 Å². The molecule has 2 rings (SSSR count). The van der Waals surface area contributed by atoms with Crippen LogP contribution < -0.4 is 4.31 Å². The number of sulfonamides is 1. The molecule has 0 heterocycles. The van der Waals surface area contributed by atoms with E-state index in [2.05, 4.69) is 0 Å². The van der Waals surface area contributed by atoms with Crippen LogP contribution in [0, 0.1) is 0 Å². The average molecular weight is 326 g/mol. The molecule has 0 bridgehead atoms. The number of rotatable bonds is 4. The van der Waals surface area contributed by atoms with Gasteiger partial charge in [-0.05, 0) is 30.3 Å². The number of carboxylic acids is 1. The van der Waals surface area contributed by atoms with Gasteiger partial charge < -0.3 is 5.11 Å². The number of nitrogens with zero attached hydrogens (tertiary/aromatic N) is 1. The molecule has 0 saturated heterocycles. The van der Waals surface area contributed by atoms with Crippen LogP contribution in [0.15, 0.2) is 53.4 Å². The molecule has 0 aliphatic carbocycles. The summed E-state index contributed by atoms with van der Waals surface area (Å²) < 4.78 is 26.1. The van der Waals surface area contributed by atoms with Gasteiger partial charge in [0.1, 0.15) is 0 Å². The van der Waals surface area contributed by atoms with E-state index >= 15 is 0 Å². The summed E-state index contributed by atoms with van der Waals surface area (Å²) >= 11 is 5.75. The average Bonchev–Trinajstić information content (AvgIpc) is 2.47. The second kappa shape index (κ2) is 5.75. The second-order valence-corrected chi connectivity index (χ2v) is 6.63. The van der Waals surface area contributed by atoms with Gasteiger partial charge in [-0.15, -0.1) is 0 Å². The fourth-order valence-corrected chi connectivity index (χ4v) is 3.18. The molecular formula is C14H12ClNO4S. The number of carboxylic acid groups (broad SMARTS) is 1. The first-order chi connectivity index (χ1) is 9.84. The van der Waals surface area contributed by atoms with Crippen LogP contribution in [0.25, 0.3) is 0 Å². The van der Waals surface area contributed by atoms with Gasteiger partial charge in [0.05, 0.1) is 21.2 Å². The number of carbonyl (C=O) groups is 1. The number of hydrogen-bond donors (Lipinski definition) is 1. The summed E-state index contributed by atoms with van der Waals surface area (Å²) in [4.78, 5) is 10.9. The van der Waals surface area contributed by atoms with Gasteiger partial charge in [0.25, 0.3) is 10.0 Å². The lowest BCUT2D eigenvalue weighted by atomic mass is 10.2. The van der Waals surface area contributed by atoms with E-state index in [0.29, 0.717) is 5.69 Å². The maximum absolute atomic E-state index is 12.5. The molecule has 0 unspecified atom stereocenters.